The van der Waals surface area contributed by atoms with E-state index in [4.69, 9.17) is 17.3 Å². The number of hydrogen-bond donors (Lipinski definition) is 2. The number of rotatable bonds is 5. The van der Waals surface area contributed by atoms with Gasteiger partial charge in [-0.3, -0.25) is 4.79 Å². The Morgan fingerprint density at radius 1 is 1.38 bits per heavy atom. The number of carbonyl (C=O) groups excluding carboxylic acids is 1. The summed E-state index contributed by atoms with van der Waals surface area (Å²) in [6, 6.07) is 7.68. The number of primary amides is 1. The molecule has 3 N–H and O–H groups in total. The molecule has 0 aliphatic carbocycles. The van der Waals surface area contributed by atoms with Gasteiger partial charge in [0.2, 0.25) is 0 Å². The zero-order valence-electron chi connectivity index (χ0n) is 11.7. The third kappa shape index (κ3) is 3.46. The van der Waals surface area contributed by atoms with E-state index in [1.165, 1.54) is 0 Å². The van der Waals surface area contributed by atoms with E-state index in [-0.39, 0.29) is 16.7 Å². The topological polar surface area (TPSA) is 80.9 Å². The van der Waals surface area contributed by atoms with Crippen LogP contribution in [0.15, 0.2) is 29.2 Å². The molecule has 0 radical (unpaired) electrons. The van der Waals surface area contributed by atoms with Crippen molar-refractivity contribution < 1.29 is 4.79 Å². The highest BCUT2D eigenvalue weighted by atomic mass is 35.5. The monoisotopic (exact) mass is 322 g/mol. The fourth-order valence-electron chi connectivity index (χ4n) is 1.81. The highest BCUT2D eigenvalue weighted by Crippen LogP contribution is 2.29. The number of hydrogen-bond acceptors (Lipinski definition) is 5. The van der Waals surface area contributed by atoms with E-state index >= 15 is 0 Å². The molecule has 1 heterocycles. The van der Waals surface area contributed by atoms with E-state index in [9.17, 15) is 4.79 Å². The van der Waals surface area contributed by atoms with Gasteiger partial charge in [-0.1, -0.05) is 30.7 Å². The Labute approximate surface area is 132 Å². The van der Waals surface area contributed by atoms with E-state index in [1.54, 1.807) is 11.8 Å². The molecular formula is C14H15ClN4OS. The predicted molar refractivity (Wildman–Crippen MR) is 86.4 cm³/mol. The fraction of sp³-hybridized carbons (Fsp3) is 0.214. The highest BCUT2D eigenvalue weighted by molar-refractivity contribution is 7.98. The first-order valence-corrected chi connectivity index (χ1v) is 7.93. The molecule has 0 fully saturated rings. The van der Waals surface area contributed by atoms with Gasteiger partial charge in [-0.05, 0) is 24.8 Å². The maximum Gasteiger partial charge on any atom is 0.271 e. The molecule has 2 rings (SSSR count). The van der Waals surface area contributed by atoms with Gasteiger partial charge in [0, 0.05) is 4.90 Å². The van der Waals surface area contributed by atoms with Crippen LogP contribution in [0.4, 0.5) is 11.5 Å². The third-order valence-corrected chi connectivity index (χ3v) is 3.95. The lowest BCUT2D eigenvalue weighted by Gasteiger charge is -2.13. The van der Waals surface area contributed by atoms with Crippen LogP contribution in [0.25, 0.3) is 0 Å². The molecule has 1 amide bonds. The van der Waals surface area contributed by atoms with Crippen LogP contribution in [0, 0.1) is 0 Å². The first-order valence-electron chi connectivity index (χ1n) is 6.33. The van der Waals surface area contributed by atoms with Gasteiger partial charge < -0.3 is 11.1 Å². The van der Waals surface area contributed by atoms with Gasteiger partial charge in [-0.25, -0.2) is 9.97 Å². The van der Waals surface area contributed by atoms with Crippen molar-refractivity contribution in [2.75, 3.05) is 11.6 Å². The largest absolute Gasteiger partial charge is 0.364 e. The van der Waals surface area contributed by atoms with E-state index < -0.39 is 5.91 Å². The van der Waals surface area contributed by atoms with Crippen LogP contribution >= 0.6 is 23.4 Å². The van der Waals surface area contributed by atoms with Crippen molar-refractivity contribution in [3.63, 3.8) is 0 Å². The molecule has 7 heteroatoms. The van der Waals surface area contributed by atoms with Gasteiger partial charge in [0.25, 0.3) is 5.91 Å². The van der Waals surface area contributed by atoms with Gasteiger partial charge in [-0.2, -0.15) is 0 Å². The molecule has 1 aromatic heterocycles. The summed E-state index contributed by atoms with van der Waals surface area (Å²) in [4.78, 5) is 21.0. The summed E-state index contributed by atoms with van der Waals surface area (Å²) in [5.74, 6) is -0.371. The minimum absolute atomic E-state index is 0.0900. The number of aromatic nitrogens is 2. The van der Waals surface area contributed by atoms with Crippen LogP contribution in [-0.2, 0) is 6.42 Å². The number of nitrogens with two attached hydrogens (primary N) is 1. The Kier molecular flexibility index (Phi) is 5.03. The molecule has 0 unspecified atom stereocenters. The van der Waals surface area contributed by atoms with Crippen molar-refractivity contribution >= 4 is 40.8 Å². The SMILES string of the molecule is CCc1nc(C(N)=O)c(Nc2ccccc2SC)nc1Cl. The first-order chi connectivity index (χ1) is 10.1. The molecule has 110 valence electrons. The van der Waals surface area contributed by atoms with Crippen LogP contribution in [0.2, 0.25) is 5.15 Å². The molecule has 0 bridgehead atoms. The van der Waals surface area contributed by atoms with Crippen LogP contribution in [-0.4, -0.2) is 22.1 Å². The summed E-state index contributed by atoms with van der Waals surface area (Å²) in [6.07, 6.45) is 2.54. The van der Waals surface area contributed by atoms with Gasteiger partial charge in [0.15, 0.2) is 16.7 Å². The summed E-state index contributed by atoms with van der Waals surface area (Å²) >= 11 is 7.66. The molecule has 21 heavy (non-hydrogen) atoms. The molecule has 5 nitrogen and oxygen atoms in total. The summed E-state index contributed by atoms with van der Waals surface area (Å²) in [5.41, 5.74) is 6.84. The van der Waals surface area contributed by atoms with Crippen LogP contribution in [0.3, 0.4) is 0 Å². The summed E-state index contributed by atoms with van der Waals surface area (Å²) < 4.78 is 0. The Morgan fingerprint density at radius 3 is 2.71 bits per heavy atom. The molecule has 0 aliphatic rings. The lowest BCUT2D eigenvalue weighted by Crippen LogP contribution is -2.18. The van der Waals surface area contributed by atoms with Crippen molar-refractivity contribution in [2.45, 2.75) is 18.2 Å². The molecular weight excluding hydrogens is 308 g/mol. The number of benzene rings is 1. The van der Waals surface area contributed by atoms with Gasteiger partial charge in [0.1, 0.15) is 0 Å². The number of nitrogens with zero attached hydrogens (tertiary/aromatic N) is 2. The first kappa shape index (κ1) is 15.6. The number of aryl methyl sites for hydroxylation is 1. The average molecular weight is 323 g/mol. The van der Waals surface area contributed by atoms with Crippen molar-refractivity contribution in [1.82, 2.24) is 9.97 Å². The number of para-hydroxylation sites is 1. The highest BCUT2D eigenvalue weighted by Gasteiger charge is 2.16. The Morgan fingerprint density at radius 2 is 2.10 bits per heavy atom. The number of nitrogens with one attached hydrogen (secondary N) is 1. The lowest BCUT2D eigenvalue weighted by molar-refractivity contribution is 0.0996. The maximum absolute atomic E-state index is 11.6. The molecule has 0 saturated carbocycles. The minimum atomic E-state index is -0.641. The predicted octanol–water partition coefficient (Wildman–Crippen LogP) is 3.26. The van der Waals surface area contributed by atoms with E-state index in [0.717, 1.165) is 10.6 Å². The van der Waals surface area contributed by atoms with Crippen molar-refractivity contribution in [3.05, 3.63) is 40.8 Å². The fourth-order valence-corrected chi connectivity index (χ4v) is 2.62. The average Bonchev–Trinajstić information content (AvgIpc) is 2.47. The smallest absolute Gasteiger partial charge is 0.271 e. The van der Waals surface area contributed by atoms with Gasteiger partial charge in [0.05, 0.1) is 11.4 Å². The normalized spacial score (nSPS) is 10.4. The Bertz CT molecular complexity index is 678. The second-order valence-electron chi connectivity index (χ2n) is 4.20. The van der Waals surface area contributed by atoms with Crippen LogP contribution in [0.1, 0.15) is 23.1 Å². The van der Waals surface area contributed by atoms with E-state index in [0.29, 0.717) is 12.1 Å². The lowest BCUT2D eigenvalue weighted by atomic mass is 10.3. The van der Waals surface area contributed by atoms with E-state index in [1.807, 2.05) is 37.4 Å². The summed E-state index contributed by atoms with van der Waals surface area (Å²) in [5, 5.41) is 3.36. The Balaban J connectivity index is 2.48. The number of amides is 1. The number of halogens is 1. The quantitative estimate of drug-likeness (QED) is 0.826. The number of carbonyl (C=O) groups is 1. The van der Waals surface area contributed by atoms with E-state index in [2.05, 4.69) is 15.3 Å². The zero-order chi connectivity index (χ0) is 15.4. The summed E-state index contributed by atoms with van der Waals surface area (Å²) in [7, 11) is 0. The van der Waals surface area contributed by atoms with Crippen LogP contribution < -0.4 is 11.1 Å². The Hall–Kier alpha value is -1.79. The van der Waals surface area contributed by atoms with Gasteiger partial charge >= 0.3 is 0 Å². The minimum Gasteiger partial charge on any atom is -0.364 e. The number of thioether (sulfide) groups is 1. The second-order valence-corrected chi connectivity index (χ2v) is 5.41. The van der Waals surface area contributed by atoms with Crippen molar-refractivity contribution in [1.29, 1.82) is 0 Å². The molecule has 0 spiro atoms. The molecule has 1 aromatic carbocycles. The molecule has 0 atom stereocenters. The zero-order valence-corrected chi connectivity index (χ0v) is 13.3. The standard InChI is InChI=1S/C14H15ClN4OS/c1-3-8-12(15)19-14(11(17-8)13(16)20)18-9-6-4-5-7-10(9)21-2/h4-7H,3H2,1-2H3,(H2,16,20)(H,18,19). The van der Waals surface area contributed by atoms with Crippen molar-refractivity contribution in [3.8, 4) is 0 Å². The summed E-state index contributed by atoms with van der Waals surface area (Å²) in [6.45, 7) is 1.89. The van der Waals surface area contributed by atoms with Crippen LogP contribution in [0.5, 0.6) is 0 Å². The number of anilines is 2. The maximum atomic E-state index is 11.6. The molecule has 2 aromatic rings. The van der Waals surface area contributed by atoms with Gasteiger partial charge in [-0.15, -0.1) is 11.8 Å². The second kappa shape index (κ2) is 6.78. The third-order valence-electron chi connectivity index (χ3n) is 2.85. The molecule has 0 aliphatic heterocycles. The molecule has 0 saturated heterocycles. The van der Waals surface area contributed by atoms with Crippen molar-refractivity contribution in [2.24, 2.45) is 5.73 Å².